The number of H-pyrrole nitrogens is 2. The standard InChI is InChI=1S/C32H33FN10O/c1-32(2,3)31(44)38-23-12-19(15-34-17-23)20-13-25-27(41-42-28(25)37-16-20)30-39-26-24(6-7-36-29(26)40-30)18-10-21(33)14-22(11-18)35-8-9-43(4)5/h6-7,10-17,35H,8-9H2,1-5H3,(H,38,44)(H,36,39,40)(H,37,41,42). The van der Waals surface area contributed by atoms with Crippen LogP contribution in [0.4, 0.5) is 15.8 Å². The Kier molecular flexibility index (Phi) is 7.52. The minimum Gasteiger partial charge on any atom is -0.384 e. The van der Waals surface area contributed by atoms with Gasteiger partial charge in [0.2, 0.25) is 5.91 Å². The van der Waals surface area contributed by atoms with E-state index in [1.165, 1.54) is 12.1 Å². The number of rotatable bonds is 8. The Bertz CT molecular complexity index is 1990. The monoisotopic (exact) mass is 592 g/mol. The molecule has 0 bridgehead atoms. The molecule has 11 nitrogen and oxygen atoms in total. The second-order valence-electron chi connectivity index (χ2n) is 12.0. The lowest BCUT2D eigenvalue weighted by Crippen LogP contribution is -2.27. The van der Waals surface area contributed by atoms with Crippen LogP contribution in [0.25, 0.3) is 56.0 Å². The number of hydrogen-bond donors (Lipinski definition) is 4. The highest BCUT2D eigenvalue weighted by molar-refractivity contribution is 5.97. The van der Waals surface area contributed by atoms with Crippen LogP contribution >= 0.6 is 0 Å². The third-order valence-corrected chi connectivity index (χ3v) is 7.13. The lowest BCUT2D eigenvalue weighted by molar-refractivity contribution is -0.123. The van der Waals surface area contributed by atoms with E-state index >= 15 is 0 Å². The summed E-state index contributed by atoms with van der Waals surface area (Å²) < 4.78 is 14.7. The number of pyridine rings is 3. The van der Waals surface area contributed by atoms with Gasteiger partial charge in [-0.05, 0) is 56.1 Å². The van der Waals surface area contributed by atoms with Crippen molar-refractivity contribution in [2.75, 3.05) is 37.8 Å². The number of nitrogens with zero attached hydrogens (tertiary/aromatic N) is 6. The fourth-order valence-electron chi connectivity index (χ4n) is 4.75. The van der Waals surface area contributed by atoms with Crippen molar-refractivity contribution < 1.29 is 9.18 Å². The zero-order valence-electron chi connectivity index (χ0n) is 25.2. The van der Waals surface area contributed by atoms with E-state index in [2.05, 4.69) is 45.7 Å². The lowest BCUT2D eigenvalue weighted by Gasteiger charge is -2.17. The van der Waals surface area contributed by atoms with Gasteiger partial charge in [-0.2, -0.15) is 5.10 Å². The number of anilines is 2. The summed E-state index contributed by atoms with van der Waals surface area (Å²) in [6.07, 6.45) is 6.73. The maximum atomic E-state index is 14.7. The third kappa shape index (κ3) is 5.97. The van der Waals surface area contributed by atoms with Gasteiger partial charge in [-0.1, -0.05) is 20.8 Å². The van der Waals surface area contributed by atoms with Crippen molar-refractivity contribution in [3.63, 3.8) is 0 Å². The molecule has 0 aliphatic rings. The summed E-state index contributed by atoms with van der Waals surface area (Å²) in [5.74, 6) is 0.0503. The Morgan fingerprint density at radius 2 is 1.75 bits per heavy atom. The van der Waals surface area contributed by atoms with Gasteiger partial charge in [0.05, 0.1) is 17.3 Å². The molecule has 6 aromatic rings. The van der Waals surface area contributed by atoms with Crippen molar-refractivity contribution in [3.8, 4) is 33.8 Å². The summed E-state index contributed by atoms with van der Waals surface area (Å²) in [7, 11) is 3.98. The Balaban J connectivity index is 1.35. The zero-order valence-corrected chi connectivity index (χ0v) is 25.2. The number of amides is 1. The Morgan fingerprint density at radius 3 is 2.55 bits per heavy atom. The molecule has 1 amide bonds. The minimum atomic E-state index is -0.538. The van der Waals surface area contributed by atoms with Gasteiger partial charge in [0.1, 0.15) is 17.0 Å². The van der Waals surface area contributed by atoms with Gasteiger partial charge in [0, 0.05) is 59.5 Å². The molecule has 44 heavy (non-hydrogen) atoms. The van der Waals surface area contributed by atoms with Crippen LogP contribution in [0.2, 0.25) is 0 Å². The van der Waals surface area contributed by atoms with Gasteiger partial charge >= 0.3 is 0 Å². The molecule has 0 atom stereocenters. The molecule has 0 saturated heterocycles. The SMILES string of the molecule is CN(C)CCNc1cc(F)cc(-c2ccnc3[nH]c(-c4n[nH]c5ncc(-c6cncc(NC(=O)C(C)(C)C)c6)cc45)nc23)c1. The van der Waals surface area contributed by atoms with Gasteiger partial charge in [0.15, 0.2) is 17.1 Å². The molecule has 0 unspecified atom stereocenters. The average Bonchev–Trinajstić information content (AvgIpc) is 3.60. The molecule has 6 rings (SSSR count). The van der Waals surface area contributed by atoms with Gasteiger partial charge < -0.3 is 20.5 Å². The number of imidazole rings is 1. The molecule has 4 N–H and O–H groups in total. The first-order chi connectivity index (χ1) is 21.0. The van der Waals surface area contributed by atoms with Crippen molar-refractivity contribution in [2.24, 2.45) is 5.41 Å². The highest BCUT2D eigenvalue weighted by Gasteiger charge is 2.22. The highest BCUT2D eigenvalue weighted by atomic mass is 19.1. The number of benzene rings is 1. The van der Waals surface area contributed by atoms with E-state index in [4.69, 9.17) is 4.98 Å². The lowest BCUT2D eigenvalue weighted by atomic mass is 9.95. The summed E-state index contributed by atoms with van der Waals surface area (Å²) in [6.45, 7) is 7.07. The maximum absolute atomic E-state index is 14.7. The first kappa shape index (κ1) is 28.9. The number of carbonyl (C=O) groups is 1. The van der Waals surface area contributed by atoms with Crippen LogP contribution in [0.1, 0.15) is 20.8 Å². The number of aromatic nitrogens is 7. The average molecular weight is 593 g/mol. The van der Waals surface area contributed by atoms with E-state index in [0.717, 1.165) is 28.6 Å². The molecule has 5 heterocycles. The van der Waals surface area contributed by atoms with Crippen LogP contribution in [0.15, 0.2) is 61.2 Å². The second-order valence-corrected chi connectivity index (χ2v) is 12.0. The minimum absolute atomic E-state index is 0.102. The summed E-state index contributed by atoms with van der Waals surface area (Å²) in [6, 6.07) is 10.5. The van der Waals surface area contributed by atoms with Gasteiger partial charge in [-0.15, -0.1) is 0 Å². The first-order valence-electron chi connectivity index (χ1n) is 14.2. The van der Waals surface area contributed by atoms with Crippen molar-refractivity contribution >= 4 is 39.5 Å². The molecule has 12 heteroatoms. The molecule has 0 saturated carbocycles. The Labute approximate surface area is 253 Å². The second kappa shape index (κ2) is 11.5. The molecule has 0 spiro atoms. The van der Waals surface area contributed by atoms with Crippen LogP contribution in [-0.2, 0) is 4.79 Å². The van der Waals surface area contributed by atoms with Crippen molar-refractivity contribution in [2.45, 2.75) is 20.8 Å². The molecule has 224 valence electrons. The predicted octanol–water partition coefficient (Wildman–Crippen LogP) is 5.72. The van der Waals surface area contributed by atoms with E-state index in [1.54, 1.807) is 24.8 Å². The number of carbonyl (C=O) groups excluding carboxylic acids is 1. The molecule has 0 radical (unpaired) electrons. The van der Waals surface area contributed by atoms with Crippen molar-refractivity contribution in [1.29, 1.82) is 0 Å². The Morgan fingerprint density at radius 1 is 0.955 bits per heavy atom. The molecular weight excluding hydrogens is 559 g/mol. The van der Waals surface area contributed by atoms with Crippen LogP contribution in [-0.4, -0.2) is 73.1 Å². The normalized spacial score (nSPS) is 11.9. The number of hydrogen-bond acceptors (Lipinski definition) is 8. The fourth-order valence-corrected chi connectivity index (χ4v) is 4.75. The largest absolute Gasteiger partial charge is 0.384 e. The summed E-state index contributed by atoms with van der Waals surface area (Å²) in [4.78, 5) is 36.1. The van der Waals surface area contributed by atoms with Crippen molar-refractivity contribution in [1.82, 2.24) is 40.0 Å². The maximum Gasteiger partial charge on any atom is 0.229 e. The van der Waals surface area contributed by atoms with E-state index in [1.807, 2.05) is 59.1 Å². The topological polar surface area (TPSA) is 140 Å². The van der Waals surface area contributed by atoms with Crippen molar-refractivity contribution in [3.05, 3.63) is 67.0 Å². The smallest absolute Gasteiger partial charge is 0.229 e. The third-order valence-electron chi connectivity index (χ3n) is 7.13. The zero-order chi connectivity index (χ0) is 31.0. The molecular formula is C32H33FN10O. The number of aromatic amines is 2. The fraction of sp³-hybridized carbons (Fsp3) is 0.250. The number of fused-ring (bicyclic) bond motifs is 2. The molecule has 0 fully saturated rings. The van der Waals surface area contributed by atoms with E-state index in [-0.39, 0.29) is 11.7 Å². The molecule has 0 aliphatic carbocycles. The number of halogens is 1. The van der Waals surface area contributed by atoms with Crippen LogP contribution in [0, 0.1) is 11.2 Å². The van der Waals surface area contributed by atoms with Crippen LogP contribution in [0.5, 0.6) is 0 Å². The first-order valence-corrected chi connectivity index (χ1v) is 14.2. The molecule has 0 aliphatic heterocycles. The summed E-state index contributed by atoms with van der Waals surface area (Å²) >= 11 is 0. The van der Waals surface area contributed by atoms with Gasteiger partial charge in [0.25, 0.3) is 0 Å². The van der Waals surface area contributed by atoms with E-state index < -0.39 is 5.41 Å². The predicted molar refractivity (Wildman–Crippen MR) is 171 cm³/mol. The van der Waals surface area contributed by atoms with Crippen LogP contribution < -0.4 is 10.6 Å². The molecule has 1 aromatic carbocycles. The highest BCUT2D eigenvalue weighted by Crippen LogP contribution is 2.33. The summed E-state index contributed by atoms with van der Waals surface area (Å²) in [5.41, 5.74) is 6.05. The molecule has 5 aromatic heterocycles. The number of nitrogens with one attached hydrogen (secondary N) is 4. The number of likely N-dealkylation sites (N-methyl/N-ethyl adjacent to an activating group) is 1. The van der Waals surface area contributed by atoms with Gasteiger partial charge in [-0.3, -0.25) is 14.9 Å². The van der Waals surface area contributed by atoms with E-state index in [0.29, 0.717) is 51.8 Å². The van der Waals surface area contributed by atoms with Crippen LogP contribution in [0.3, 0.4) is 0 Å². The Hall–Kier alpha value is -5.23. The van der Waals surface area contributed by atoms with Gasteiger partial charge in [-0.25, -0.2) is 19.3 Å². The summed E-state index contributed by atoms with van der Waals surface area (Å²) in [5, 5.41) is 14.4. The van der Waals surface area contributed by atoms with E-state index in [9.17, 15) is 9.18 Å². The quantitative estimate of drug-likeness (QED) is 0.176.